The third kappa shape index (κ3) is 6.42. The summed E-state index contributed by atoms with van der Waals surface area (Å²) in [5, 5.41) is 3.02. The van der Waals surface area contributed by atoms with Crippen LogP contribution < -0.4 is 14.9 Å². The highest BCUT2D eigenvalue weighted by atomic mass is 35.5. The predicted octanol–water partition coefficient (Wildman–Crippen LogP) is 3.82. The van der Waals surface area contributed by atoms with Crippen LogP contribution in [0, 0.1) is 0 Å². The SMILES string of the molecule is CCN(CC)c1ccccc1C(C)NC(=O)c1ccc(NS(C)(=O)=O)cc1.Cl. The summed E-state index contributed by atoms with van der Waals surface area (Å²) in [5.41, 5.74) is 3.07. The number of halogens is 1. The van der Waals surface area contributed by atoms with Crippen LogP contribution in [-0.2, 0) is 10.0 Å². The second-order valence-corrected chi connectivity index (χ2v) is 8.13. The lowest BCUT2D eigenvalue weighted by Gasteiger charge is -2.27. The molecule has 0 saturated heterocycles. The Balaban J connectivity index is 0.00000392. The molecule has 0 radical (unpaired) electrons. The van der Waals surface area contributed by atoms with Crippen molar-refractivity contribution in [1.29, 1.82) is 0 Å². The molecule has 2 N–H and O–H groups in total. The Hall–Kier alpha value is -2.25. The number of sulfonamides is 1. The molecule has 6 nitrogen and oxygen atoms in total. The van der Waals surface area contributed by atoms with Gasteiger partial charge in [-0.1, -0.05) is 18.2 Å². The molecule has 2 aromatic rings. The lowest BCUT2D eigenvalue weighted by Crippen LogP contribution is -2.29. The Morgan fingerprint density at radius 3 is 2.14 bits per heavy atom. The van der Waals surface area contributed by atoms with Crippen LogP contribution in [0.2, 0.25) is 0 Å². The molecule has 0 fully saturated rings. The Morgan fingerprint density at radius 1 is 1.04 bits per heavy atom. The molecule has 0 aliphatic rings. The summed E-state index contributed by atoms with van der Waals surface area (Å²) in [7, 11) is -3.34. The Kier molecular flexibility index (Phi) is 8.78. The third-order valence-corrected chi connectivity index (χ3v) is 4.91. The first-order valence-electron chi connectivity index (χ1n) is 8.97. The number of carbonyl (C=O) groups is 1. The summed E-state index contributed by atoms with van der Waals surface area (Å²) in [6.45, 7) is 7.96. The van der Waals surface area contributed by atoms with Crippen molar-refractivity contribution in [3.05, 3.63) is 59.7 Å². The molecule has 0 aliphatic heterocycles. The average Bonchev–Trinajstić information content (AvgIpc) is 2.62. The molecule has 154 valence electrons. The van der Waals surface area contributed by atoms with Crippen LogP contribution in [0.1, 0.15) is 42.7 Å². The molecular weight excluding hydrogens is 398 g/mol. The molecule has 0 heterocycles. The van der Waals surface area contributed by atoms with Crippen molar-refractivity contribution in [2.45, 2.75) is 26.8 Å². The molecule has 0 spiro atoms. The molecule has 1 atom stereocenters. The quantitative estimate of drug-likeness (QED) is 0.673. The minimum atomic E-state index is -3.34. The van der Waals surface area contributed by atoms with Crippen LogP contribution in [0.5, 0.6) is 0 Å². The zero-order valence-electron chi connectivity index (χ0n) is 16.6. The van der Waals surface area contributed by atoms with Gasteiger partial charge in [-0.25, -0.2) is 8.42 Å². The summed E-state index contributed by atoms with van der Waals surface area (Å²) < 4.78 is 24.9. The highest BCUT2D eigenvalue weighted by Gasteiger charge is 2.16. The van der Waals surface area contributed by atoms with E-state index in [1.165, 1.54) is 0 Å². The Morgan fingerprint density at radius 2 is 1.61 bits per heavy atom. The molecule has 0 aromatic heterocycles. The topological polar surface area (TPSA) is 78.5 Å². The fraction of sp³-hybridized carbons (Fsp3) is 0.350. The van der Waals surface area contributed by atoms with Crippen LogP contribution in [0.15, 0.2) is 48.5 Å². The summed E-state index contributed by atoms with van der Waals surface area (Å²) in [6.07, 6.45) is 1.09. The van der Waals surface area contributed by atoms with Gasteiger partial charge in [-0.05, 0) is 56.7 Å². The van der Waals surface area contributed by atoms with E-state index < -0.39 is 10.0 Å². The van der Waals surface area contributed by atoms with Crippen molar-refractivity contribution >= 4 is 39.7 Å². The van der Waals surface area contributed by atoms with Gasteiger partial charge in [0.25, 0.3) is 5.91 Å². The summed E-state index contributed by atoms with van der Waals surface area (Å²) in [4.78, 5) is 14.8. The minimum Gasteiger partial charge on any atom is -0.372 e. The average molecular weight is 426 g/mol. The van der Waals surface area contributed by atoms with Crippen molar-refractivity contribution in [2.24, 2.45) is 0 Å². The molecule has 0 aliphatic carbocycles. The van der Waals surface area contributed by atoms with Crippen molar-refractivity contribution < 1.29 is 13.2 Å². The van der Waals surface area contributed by atoms with Crippen molar-refractivity contribution in [2.75, 3.05) is 29.0 Å². The van der Waals surface area contributed by atoms with Gasteiger partial charge < -0.3 is 10.2 Å². The molecule has 2 aromatic carbocycles. The normalized spacial score (nSPS) is 11.9. The maximum atomic E-state index is 12.6. The van der Waals surface area contributed by atoms with E-state index in [1.54, 1.807) is 24.3 Å². The van der Waals surface area contributed by atoms with E-state index in [2.05, 4.69) is 34.9 Å². The van der Waals surface area contributed by atoms with Crippen molar-refractivity contribution in [1.82, 2.24) is 5.32 Å². The molecule has 1 amide bonds. The standard InChI is InChI=1S/C20H27N3O3S.ClH/c1-5-23(6-2)19-10-8-7-9-18(19)15(3)21-20(24)16-11-13-17(14-12-16)22-27(4,25)26;/h7-15,22H,5-6H2,1-4H3,(H,21,24);1H. The highest BCUT2D eigenvalue weighted by molar-refractivity contribution is 7.92. The summed E-state index contributed by atoms with van der Waals surface area (Å²) in [5.74, 6) is -0.206. The summed E-state index contributed by atoms with van der Waals surface area (Å²) in [6, 6.07) is 14.2. The lowest BCUT2D eigenvalue weighted by molar-refractivity contribution is 0.0940. The lowest BCUT2D eigenvalue weighted by atomic mass is 10.0. The number of hydrogen-bond donors (Lipinski definition) is 2. The van der Waals surface area contributed by atoms with E-state index in [4.69, 9.17) is 0 Å². The van der Waals surface area contributed by atoms with Gasteiger partial charge in [0.2, 0.25) is 10.0 Å². The first-order valence-corrected chi connectivity index (χ1v) is 10.9. The van der Waals surface area contributed by atoms with Crippen LogP contribution in [-0.4, -0.2) is 33.7 Å². The van der Waals surface area contributed by atoms with Crippen LogP contribution in [0.25, 0.3) is 0 Å². The van der Waals surface area contributed by atoms with Gasteiger partial charge in [-0.2, -0.15) is 0 Å². The van der Waals surface area contributed by atoms with E-state index in [1.807, 2.05) is 25.1 Å². The third-order valence-electron chi connectivity index (χ3n) is 4.31. The van der Waals surface area contributed by atoms with Gasteiger partial charge in [0.1, 0.15) is 0 Å². The molecule has 8 heteroatoms. The van der Waals surface area contributed by atoms with E-state index in [-0.39, 0.29) is 24.4 Å². The van der Waals surface area contributed by atoms with E-state index >= 15 is 0 Å². The summed E-state index contributed by atoms with van der Waals surface area (Å²) >= 11 is 0. The molecule has 0 saturated carbocycles. The van der Waals surface area contributed by atoms with Gasteiger partial charge in [0.05, 0.1) is 12.3 Å². The number of nitrogens with zero attached hydrogens (tertiary/aromatic N) is 1. The van der Waals surface area contributed by atoms with E-state index in [0.29, 0.717) is 11.3 Å². The Labute approximate surface area is 173 Å². The number of anilines is 2. The number of para-hydroxylation sites is 1. The van der Waals surface area contributed by atoms with Gasteiger partial charge in [0, 0.05) is 30.0 Å². The van der Waals surface area contributed by atoms with Crippen molar-refractivity contribution in [3.63, 3.8) is 0 Å². The number of rotatable bonds is 8. The molecule has 2 rings (SSSR count). The van der Waals surface area contributed by atoms with Gasteiger partial charge in [-0.3, -0.25) is 9.52 Å². The maximum Gasteiger partial charge on any atom is 0.251 e. The largest absolute Gasteiger partial charge is 0.372 e. The Bertz CT molecular complexity index is 882. The first kappa shape index (κ1) is 23.8. The number of amides is 1. The molecule has 28 heavy (non-hydrogen) atoms. The number of hydrogen-bond acceptors (Lipinski definition) is 4. The first-order chi connectivity index (χ1) is 12.7. The second-order valence-electron chi connectivity index (χ2n) is 6.38. The van der Waals surface area contributed by atoms with Crippen LogP contribution in [0.3, 0.4) is 0 Å². The van der Waals surface area contributed by atoms with Gasteiger partial charge in [0.15, 0.2) is 0 Å². The zero-order chi connectivity index (χ0) is 20.0. The molecule has 0 bridgehead atoms. The number of benzene rings is 2. The maximum absolute atomic E-state index is 12.6. The van der Waals surface area contributed by atoms with Crippen molar-refractivity contribution in [3.8, 4) is 0 Å². The molecule has 1 unspecified atom stereocenters. The second kappa shape index (κ2) is 10.3. The van der Waals surface area contributed by atoms with Gasteiger partial charge >= 0.3 is 0 Å². The smallest absolute Gasteiger partial charge is 0.251 e. The van der Waals surface area contributed by atoms with Gasteiger partial charge in [-0.15, -0.1) is 12.4 Å². The highest BCUT2D eigenvalue weighted by Crippen LogP contribution is 2.26. The fourth-order valence-electron chi connectivity index (χ4n) is 2.97. The molecular formula is C20H28ClN3O3S. The van der Waals surface area contributed by atoms with Crippen LogP contribution >= 0.6 is 12.4 Å². The number of carbonyl (C=O) groups excluding carboxylic acids is 1. The predicted molar refractivity (Wildman–Crippen MR) is 118 cm³/mol. The fourth-order valence-corrected chi connectivity index (χ4v) is 3.53. The van der Waals surface area contributed by atoms with E-state index in [9.17, 15) is 13.2 Å². The monoisotopic (exact) mass is 425 g/mol. The number of nitrogens with one attached hydrogen (secondary N) is 2. The zero-order valence-corrected chi connectivity index (χ0v) is 18.2. The minimum absolute atomic E-state index is 0. The van der Waals surface area contributed by atoms with E-state index in [0.717, 1.165) is 30.6 Å². The van der Waals surface area contributed by atoms with Crippen LogP contribution in [0.4, 0.5) is 11.4 Å².